The zero-order chi connectivity index (χ0) is 21.2. The SMILES string of the molecule is C[C@@H]1CCC(Nc2nc(NC34CC(C(C)(C)C)(C3)[C@@H]4C)ncc2C(N)=O)C[C@H]1O. The van der Waals surface area contributed by atoms with Gasteiger partial charge in [0.25, 0.3) is 5.91 Å². The van der Waals surface area contributed by atoms with Crippen LogP contribution in [0.25, 0.3) is 0 Å². The summed E-state index contributed by atoms with van der Waals surface area (Å²) in [6.07, 6.45) is 5.93. The number of amides is 1. The molecule has 29 heavy (non-hydrogen) atoms. The molecule has 0 radical (unpaired) electrons. The fraction of sp³-hybridized carbons (Fsp3) is 0.773. The van der Waals surface area contributed by atoms with Gasteiger partial charge in [0.1, 0.15) is 5.82 Å². The van der Waals surface area contributed by atoms with Gasteiger partial charge in [-0.2, -0.15) is 4.98 Å². The Labute approximate surface area is 173 Å². The largest absolute Gasteiger partial charge is 0.393 e. The maximum absolute atomic E-state index is 11.9. The number of nitrogens with one attached hydrogen (secondary N) is 2. The van der Waals surface area contributed by atoms with Crippen LogP contribution in [0, 0.1) is 22.7 Å². The van der Waals surface area contributed by atoms with Crippen molar-refractivity contribution in [1.29, 1.82) is 0 Å². The number of aromatic nitrogens is 2. The second kappa shape index (κ2) is 6.56. The Morgan fingerprint density at radius 3 is 2.52 bits per heavy atom. The fourth-order valence-corrected chi connectivity index (χ4v) is 5.91. The zero-order valence-corrected chi connectivity index (χ0v) is 18.2. The third-order valence-corrected chi connectivity index (χ3v) is 8.32. The molecule has 4 fully saturated rings. The van der Waals surface area contributed by atoms with Crippen LogP contribution in [0.4, 0.5) is 11.8 Å². The molecular weight excluding hydrogens is 366 g/mol. The number of aliphatic hydroxyl groups is 1. The van der Waals surface area contributed by atoms with Crippen molar-refractivity contribution in [1.82, 2.24) is 9.97 Å². The van der Waals surface area contributed by atoms with Gasteiger partial charge in [0.2, 0.25) is 5.95 Å². The molecule has 1 unspecified atom stereocenters. The van der Waals surface area contributed by atoms with E-state index in [1.54, 1.807) is 0 Å². The molecule has 1 aromatic rings. The van der Waals surface area contributed by atoms with Crippen LogP contribution >= 0.6 is 0 Å². The molecule has 1 amide bonds. The Hall–Kier alpha value is -1.89. The van der Waals surface area contributed by atoms with E-state index in [-0.39, 0.29) is 23.1 Å². The van der Waals surface area contributed by atoms with Crippen molar-refractivity contribution in [3.05, 3.63) is 11.8 Å². The van der Waals surface area contributed by atoms with Crippen molar-refractivity contribution in [3.63, 3.8) is 0 Å². The molecule has 4 atom stereocenters. The number of nitrogens with two attached hydrogens (primary N) is 1. The van der Waals surface area contributed by atoms with Gasteiger partial charge in [-0.05, 0) is 54.8 Å². The highest BCUT2D eigenvalue weighted by Gasteiger charge is 2.77. The molecule has 5 N–H and O–H groups in total. The van der Waals surface area contributed by atoms with Gasteiger partial charge in [0.05, 0.1) is 11.7 Å². The number of nitrogens with zero attached hydrogens (tertiary/aromatic N) is 2. The lowest BCUT2D eigenvalue weighted by atomic mass is 9.27. The third kappa shape index (κ3) is 3.09. The van der Waals surface area contributed by atoms with Crippen LogP contribution in [0.1, 0.15) is 77.1 Å². The summed E-state index contributed by atoms with van der Waals surface area (Å²) in [4.78, 5) is 20.9. The molecule has 0 spiro atoms. The standard InChI is InChI=1S/C22H35N5O2/c1-12-6-7-14(8-16(12)28)25-18-15(17(23)29)9-24-19(26-18)27-22-10-21(11-22,13(22)2)20(3,4)5/h9,12-14,16,28H,6-8,10-11H2,1-5H3,(H2,23,29)(H2,24,25,26,27)/t12-,13+,14?,16-,21?,22?/m1/s1. The van der Waals surface area contributed by atoms with Gasteiger partial charge >= 0.3 is 0 Å². The van der Waals surface area contributed by atoms with E-state index in [4.69, 9.17) is 5.73 Å². The molecule has 4 aliphatic carbocycles. The number of carbonyl (C=O) groups is 1. The summed E-state index contributed by atoms with van der Waals surface area (Å²) in [6.45, 7) is 11.4. The highest BCUT2D eigenvalue weighted by Crippen LogP contribution is 2.78. The van der Waals surface area contributed by atoms with Crippen molar-refractivity contribution < 1.29 is 9.90 Å². The Kier molecular flexibility index (Phi) is 4.61. The van der Waals surface area contributed by atoms with Crippen LogP contribution in [-0.4, -0.2) is 38.7 Å². The predicted molar refractivity (Wildman–Crippen MR) is 114 cm³/mol. The summed E-state index contributed by atoms with van der Waals surface area (Å²) in [5.41, 5.74) is 6.57. The number of primary amides is 1. The molecule has 160 valence electrons. The number of carbonyl (C=O) groups excluding carboxylic acids is 1. The average molecular weight is 402 g/mol. The lowest BCUT2D eigenvalue weighted by Gasteiger charge is -2.80. The van der Waals surface area contributed by atoms with Crippen molar-refractivity contribution in [2.24, 2.45) is 28.4 Å². The van der Waals surface area contributed by atoms with Gasteiger partial charge in [-0.25, -0.2) is 4.98 Å². The van der Waals surface area contributed by atoms with Gasteiger partial charge in [-0.3, -0.25) is 4.79 Å². The number of aliphatic hydroxyl groups excluding tert-OH is 1. The highest BCUT2D eigenvalue weighted by molar-refractivity contribution is 5.97. The summed E-state index contributed by atoms with van der Waals surface area (Å²) in [6, 6.07) is 0.0695. The maximum Gasteiger partial charge on any atom is 0.254 e. The molecular formula is C22H35N5O2. The van der Waals surface area contributed by atoms with Crippen LogP contribution < -0.4 is 16.4 Å². The van der Waals surface area contributed by atoms with E-state index in [1.165, 1.54) is 6.20 Å². The van der Waals surface area contributed by atoms with Gasteiger partial charge in [-0.15, -0.1) is 0 Å². The first kappa shape index (κ1) is 20.4. The zero-order valence-electron chi connectivity index (χ0n) is 18.2. The first-order valence-electron chi connectivity index (χ1n) is 10.9. The second-order valence-electron chi connectivity index (χ2n) is 10.8. The van der Waals surface area contributed by atoms with Crippen LogP contribution in [0.5, 0.6) is 0 Å². The van der Waals surface area contributed by atoms with Crippen molar-refractivity contribution in [2.45, 2.75) is 84.4 Å². The molecule has 5 rings (SSSR count). The van der Waals surface area contributed by atoms with Crippen LogP contribution in [0.15, 0.2) is 6.20 Å². The van der Waals surface area contributed by atoms with Crippen LogP contribution in [0.3, 0.4) is 0 Å². The molecule has 7 nitrogen and oxygen atoms in total. The van der Waals surface area contributed by atoms with Gasteiger partial charge in [-0.1, -0.05) is 34.6 Å². The van der Waals surface area contributed by atoms with E-state index in [9.17, 15) is 9.90 Å². The highest BCUT2D eigenvalue weighted by atomic mass is 16.3. The number of hydrogen-bond acceptors (Lipinski definition) is 6. The van der Waals surface area contributed by atoms with Gasteiger partial charge in [0, 0.05) is 17.8 Å². The molecule has 7 heteroatoms. The quantitative estimate of drug-likeness (QED) is 0.603. The Morgan fingerprint density at radius 1 is 1.28 bits per heavy atom. The molecule has 0 aromatic carbocycles. The van der Waals surface area contributed by atoms with Crippen molar-refractivity contribution in [2.75, 3.05) is 10.6 Å². The van der Waals surface area contributed by atoms with E-state index >= 15 is 0 Å². The minimum atomic E-state index is -0.547. The minimum Gasteiger partial charge on any atom is -0.393 e. The molecule has 1 aromatic heterocycles. The summed E-state index contributed by atoms with van der Waals surface area (Å²) in [5.74, 6) is 1.31. The predicted octanol–water partition coefficient (Wildman–Crippen LogP) is 3.16. The lowest BCUT2D eigenvalue weighted by Crippen LogP contribution is -2.81. The van der Waals surface area contributed by atoms with E-state index < -0.39 is 5.91 Å². The number of anilines is 2. The van der Waals surface area contributed by atoms with E-state index in [0.29, 0.717) is 41.0 Å². The van der Waals surface area contributed by atoms with Gasteiger partial charge < -0.3 is 21.5 Å². The van der Waals surface area contributed by atoms with E-state index in [2.05, 4.69) is 55.2 Å². The average Bonchev–Trinajstić information content (AvgIpc) is 2.60. The first-order valence-corrected chi connectivity index (χ1v) is 10.9. The van der Waals surface area contributed by atoms with Crippen molar-refractivity contribution >= 4 is 17.7 Å². The van der Waals surface area contributed by atoms with Gasteiger partial charge in [0.15, 0.2) is 0 Å². The maximum atomic E-state index is 11.9. The smallest absolute Gasteiger partial charge is 0.254 e. The van der Waals surface area contributed by atoms with E-state index in [0.717, 1.165) is 25.7 Å². The molecule has 0 saturated heterocycles. The van der Waals surface area contributed by atoms with E-state index in [1.807, 2.05) is 0 Å². The molecule has 2 bridgehead atoms. The summed E-state index contributed by atoms with van der Waals surface area (Å²) in [7, 11) is 0. The normalized spacial score (nSPS) is 38.6. The lowest BCUT2D eigenvalue weighted by molar-refractivity contribution is -0.249. The third-order valence-electron chi connectivity index (χ3n) is 8.32. The summed E-state index contributed by atoms with van der Waals surface area (Å²) >= 11 is 0. The Balaban J connectivity index is 1.50. The van der Waals surface area contributed by atoms with Crippen LogP contribution in [0.2, 0.25) is 0 Å². The second-order valence-corrected chi connectivity index (χ2v) is 10.8. The Morgan fingerprint density at radius 2 is 1.97 bits per heavy atom. The first-order chi connectivity index (χ1) is 13.5. The van der Waals surface area contributed by atoms with Crippen LogP contribution in [-0.2, 0) is 0 Å². The summed E-state index contributed by atoms with van der Waals surface area (Å²) < 4.78 is 0. The molecule has 0 aliphatic heterocycles. The number of hydrogen-bond donors (Lipinski definition) is 4. The molecule has 4 saturated carbocycles. The topological polar surface area (TPSA) is 113 Å². The monoisotopic (exact) mass is 401 g/mol. The molecule has 4 aliphatic rings. The molecule has 1 heterocycles. The minimum absolute atomic E-state index is 0.0508. The van der Waals surface area contributed by atoms with Crippen molar-refractivity contribution in [3.8, 4) is 0 Å². The Bertz CT molecular complexity index is 812. The number of rotatable bonds is 5. The fourth-order valence-electron chi connectivity index (χ4n) is 5.91. The summed E-state index contributed by atoms with van der Waals surface area (Å²) in [5, 5.41) is 17.1.